The molecule has 2 aliphatic rings. The third-order valence-corrected chi connectivity index (χ3v) is 6.52. The van der Waals surface area contributed by atoms with Crippen molar-refractivity contribution in [3.8, 4) is 5.75 Å². The first-order valence-corrected chi connectivity index (χ1v) is 11.4. The summed E-state index contributed by atoms with van der Waals surface area (Å²) in [7, 11) is 0. The Hall–Kier alpha value is -3.28. The van der Waals surface area contributed by atoms with Crippen molar-refractivity contribution in [2.75, 3.05) is 24.6 Å². The maximum absolute atomic E-state index is 12.4. The first kappa shape index (κ1) is 20.6. The van der Waals surface area contributed by atoms with Crippen molar-refractivity contribution in [2.45, 2.75) is 38.6 Å². The fourth-order valence-electron chi connectivity index (χ4n) is 4.08. The van der Waals surface area contributed by atoms with Crippen molar-refractivity contribution in [3.63, 3.8) is 0 Å². The summed E-state index contributed by atoms with van der Waals surface area (Å²) >= 11 is 0. The highest BCUT2D eigenvalue weighted by atomic mass is 16.5. The van der Waals surface area contributed by atoms with Gasteiger partial charge in [-0.1, -0.05) is 29.4 Å². The summed E-state index contributed by atoms with van der Waals surface area (Å²) < 4.78 is 10.7. The highest BCUT2D eigenvalue weighted by Crippen LogP contribution is 2.34. The molecule has 32 heavy (non-hydrogen) atoms. The largest absolute Gasteiger partial charge is 0.493 e. The van der Waals surface area contributed by atoms with Gasteiger partial charge in [0.2, 0.25) is 0 Å². The highest BCUT2D eigenvalue weighted by Gasteiger charge is 2.28. The second-order valence-electron chi connectivity index (χ2n) is 9.03. The van der Waals surface area contributed by atoms with Gasteiger partial charge in [-0.3, -0.25) is 4.79 Å². The summed E-state index contributed by atoms with van der Waals surface area (Å²) in [5.41, 5.74) is 4.74. The Balaban J connectivity index is 1.12. The number of hydrogen-bond donors (Lipinski definition) is 1. The maximum Gasteiger partial charge on any atom is 0.256 e. The molecule has 6 heteroatoms. The van der Waals surface area contributed by atoms with Gasteiger partial charge in [-0.2, -0.15) is 0 Å². The summed E-state index contributed by atoms with van der Waals surface area (Å²) in [6, 6.07) is 17.0. The lowest BCUT2D eigenvalue weighted by atomic mass is 9.90. The average molecular weight is 432 g/mol. The van der Waals surface area contributed by atoms with Crippen molar-refractivity contribution in [2.24, 2.45) is 5.92 Å². The standard InChI is InChI=1S/C26H29N3O3/c1-17(27-26(30)25-16-32-28-18(25)2)20-5-7-21(8-6-20)22-13-29(14-22)23-9-11-24(12-10-23)31-15-19-3-4-19/h5-12,16-17,19,22H,3-4,13-15H2,1-2H3,(H,27,30). The SMILES string of the molecule is Cc1nocc1C(=O)NC(C)c1ccc(C2CN(c3ccc(OCC4CC4)cc3)C2)cc1. The molecule has 0 radical (unpaired) electrons. The van der Waals surface area contributed by atoms with Crippen LogP contribution in [0.4, 0.5) is 5.69 Å². The number of aryl methyl sites for hydroxylation is 1. The topological polar surface area (TPSA) is 67.6 Å². The van der Waals surface area contributed by atoms with Crippen LogP contribution in [0.1, 0.15) is 58.9 Å². The van der Waals surface area contributed by atoms with Gasteiger partial charge in [0.25, 0.3) is 5.91 Å². The molecule has 2 fully saturated rings. The van der Waals surface area contributed by atoms with Gasteiger partial charge in [-0.15, -0.1) is 0 Å². The Morgan fingerprint density at radius 3 is 2.50 bits per heavy atom. The normalized spacial score (nSPS) is 17.0. The Morgan fingerprint density at radius 1 is 1.16 bits per heavy atom. The van der Waals surface area contributed by atoms with Gasteiger partial charge in [0.05, 0.1) is 18.3 Å². The summed E-state index contributed by atoms with van der Waals surface area (Å²) in [5.74, 6) is 2.10. The molecule has 2 heterocycles. The van der Waals surface area contributed by atoms with Crippen molar-refractivity contribution < 1.29 is 14.1 Å². The average Bonchev–Trinajstić information content (AvgIpc) is 3.50. The molecule has 1 saturated carbocycles. The van der Waals surface area contributed by atoms with Crippen LogP contribution in [0.25, 0.3) is 0 Å². The highest BCUT2D eigenvalue weighted by molar-refractivity contribution is 5.95. The molecule has 1 amide bonds. The summed E-state index contributed by atoms with van der Waals surface area (Å²) in [6.45, 7) is 6.63. The third kappa shape index (κ3) is 4.49. The van der Waals surface area contributed by atoms with Gasteiger partial charge in [0, 0.05) is 24.7 Å². The summed E-state index contributed by atoms with van der Waals surface area (Å²) in [4.78, 5) is 14.8. The number of hydrogen-bond acceptors (Lipinski definition) is 5. The van der Waals surface area contributed by atoms with E-state index in [1.807, 2.05) is 6.92 Å². The molecule has 5 rings (SSSR count). The van der Waals surface area contributed by atoms with Crippen LogP contribution in [0.3, 0.4) is 0 Å². The Morgan fingerprint density at radius 2 is 1.88 bits per heavy atom. The number of nitrogens with one attached hydrogen (secondary N) is 1. The second kappa shape index (κ2) is 8.69. The smallest absolute Gasteiger partial charge is 0.256 e. The number of rotatable bonds is 8. The van der Waals surface area contributed by atoms with E-state index in [1.54, 1.807) is 6.92 Å². The van der Waals surface area contributed by atoms with E-state index in [0.717, 1.165) is 36.9 Å². The van der Waals surface area contributed by atoms with E-state index in [4.69, 9.17) is 9.26 Å². The molecule has 1 aliphatic carbocycles. The van der Waals surface area contributed by atoms with Crippen molar-refractivity contribution in [1.29, 1.82) is 0 Å². The lowest BCUT2D eigenvalue weighted by molar-refractivity contribution is 0.0938. The third-order valence-electron chi connectivity index (χ3n) is 6.52. The molecule has 166 valence electrons. The number of aromatic nitrogens is 1. The Bertz CT molecular complexity index is 1060. The summed E-state index contributed by atoms with van der Waals surface area (Å²) in [5, 5.41) is 6.78. The molecule has 6 nitrogen and oxygen atoms in total. The molecule has 1 atom stereocenters. The van der Waals surface area contributed by atoms with Gasteiger partial charge in [0.15, 0.2) is 0 Å². The van der Waals surface area contributed by atoms with E-state index >= 15 is 0 Å². The molecule has 1 saturated heterocycles. The van der Waals surface area contributed by atoms with Crippen LogP contribution >= 0.6 is 0 Å². The molecule has 0 bridgehead atoms. The monoisotopic (exact) mass is 431 g/mol. The Kier molecular flexibility index (Phi) is 5.60. The first-order valence-electron chi connectivity index (χ1n) is 11.4. The van der Waals surface area contributed by atoms with Crippen LogP contribution < -0.4 is 15.0 Å². The van der Waals surface area contributed by atoms with E-state index in [2.05, 4.69) is 63.9 Å². The molecular formula is C26H29N3O3. The minimum atomic E-state index is -0.168. The number of nitrogens with zero attached hydrogens (tertiary/aromatic N) is 2. The number of amides is 1. The van der Waals surface area contributed by atoms with E-state index in [9.17, 15) is 4.79 Å². The van der Waals surface area contributed by atoms with Crippen molar-refractivity contribution in [1.82, 2.24) is 10.5 Å². The van der Waals surface area contributed by atoms with Crippen LogP contribution in [0.2, 0.25) is 0 Å². The van der Waals surface area contributed by atoms with E-state index in [-0.39, 0.29) is 11.9 Å². The molecule has 1 aromatic heterocycles. The summed E-state index contributed by atoms with van der Waals surface area (Å²) in [6.07, 6.45) is 4.01. The van der Waals surface area contributed by atoms with Crippen LogP contribution in [-0.4, -0.2) is 30.8 Å². The van der Waals surface area contributed by atoms with Gasteiger partial charge < -0.3 is 19.5 Å². The molecule has 1 N–H and O–H groups in total. The molecule has 3 aromatic rings. The predicted molar refractivity (Wildman–Crippen MR) is 123 cm³/mol. The van der Waals surface area contributed by atoms with E-state index in [1.165, 1.54) is 30.4 Å². The number of ether oxygens (including phenoxy) is 1. The number of anilines is 1. The zero-order valence-corrected chi connectivity index (χ0v) is 18.6. The van der Waals surface area contributed by atoms with Crippen LogP contribution in [0.15, 0.2) is 59.3 Å². The quantitative estimate of drug-likeness (QED) is 0.551. The molecular weight excluding hydrogens is 402 g/mol. The van der Waals surface area contributed by atoms with E-state index < -0.39 is 0 Å². The molecule has 0 spiro atoms. The number of benzene rings is 2. The van der Waals surface area contributed by atoms with Gasteiger partial charge in [0.1, 0.15) is 17.6 Å². The molecule has 2 aromatic carbocycles. The van der Waals surface area contributed by atoms with E-state index in [0.29, 0.717) is 17.2 Å². The number of carbonyl (C=O) groups is 1. The van der Waals surface area contributed by atoms with Crippen LogP contribution in [-0.2, 0) is 0 Å². The van der Waals surface area contributed by atoms with Gasteiger partial charge >= 0.3 is 0 Å². The zero-order chi connectivity index (χ0) is 22.1. The van der Waals surface area contributed by atoms with Gasteiger partial charge in [-0.05, 0) is 68.0 Å². The maximum atomic E-state index is 12.4. The lowest BCUT2D eigenvalue weighted by Gasteiger charge is -2.41. The fourth-order valence-corrected chi connectivity index (χ4v) is 4.08. The molecule has 1 aliphatic heterocycles. The van der Waals surface area contributed by atoms with Crippen molar-refractivity contribution >= 4 is 11.6 Å². The molecule has 1 unspecified atom stereocenters. The zero-order valence-electron chi connectivity index (χ0n) is 18.6. The fraction of sp³-hybridized carbons (Fsp3) is 0.385. The second-order valence-corrected chi connectivity index (χ2v) is 9.03. The van der Waals surface area contributed by atoms with Crippen LogP contribution in [0, 0.1) is 12.8 Å². The predicted octanol–water partition coefficient (Wildman–Crippen LogP) is 4.87. The lowest BCUT2D eigenvalue weighted by Crippen LogP contribution is -2.45. The number of carbonyl (C=O) groups excluding carboxylic acids is 1. The minimum Gasteiger partial charge on any atom is -0.493 e. The van der Waals surface area contributed by atoms with Crippen molar-refractivity contribution in [3.05, 3.63) is 77.2 Å². The van der Waals surface area contributed by atoms with Crippen LogP contribution in [0.5, 0.6) is 5.75 Å². The first-order chi connectivity index (χ1) is 15.6. The van der Waals surface area contributed by atoms with Gasteiger partial charge in [-0.25, -0.2) is 0 Å². The minimum absolute atomic E-state index is 0.0932. The Labute approximate surface area is 188 Å².